The van der Waals surface area contributed by atoms with Gasteiger partial charge in [0.25, 0.3) is 0 Å². The molecule has 1 nitrogen and oxygen atoms in total. The Morgan fingerprint density at radius 1 is 1.16 bits per heavy atom. The summed E-state index contributed by atoms with van der Waals surface area (Å²) in [6.45, 7) is 6.04. The van der Waals surface area contributed by atoms with Gasteiger partial charge in [0.15, 0.2) is 0 Å². The van der Waals surface area contributed by atoms with E-state index in [0.717, 1.165) is 5.69 Å². The van der Waals surface area contributed by atoms with Gasteiger partial charge in [-0.25, -0.2) is 0 Å². The maximum Gasteiger partial charge on any atom is 0.395 e. The van der Waals surface area contributed by atoms with Gasteiger partial charge in [0.1, 0.15) is 0 Å². The Balaban J connectivity index is 2.13. The van der Waals surface area contributed by atoms with E-state index < -0.39 is 11.6 Å². The van der Waals surface area contributed by atoms with Crippen LogP contribution in [0.1, 0.15) is 38.7 Å². The van der Waals surface area contributed by atoms with Gasteiger partial charge in [-0.1, -0.05) is 26.0 Å². The second-order valence-corrected chi connectivity index (χ2v) is 5.98. The smallest absolute Gasteiger partial charge is 0.371 e. The molecule has 0 saturated carbocycles. The summed E-state index contributed by atoms with van der Waals surface area (Å²) in [5.74, 6) is 0.438. The molecule has 1 atom stereocenters. The van der Waals surface area contributed by atoms with Crippen LogP contribution in [0.5, 0.6) is 0 Å². The van der Waals surface area contributed by atoms with Gasteiger partial charge in [-0.2, -0.15) is 13.2 Å². The predicted molar refractivity (Wildman–Crippen MR) is 71.5 cm³/mol. The SMILES string of the molecule is CC(C)c1ccc(N2CC[C@@](C)(C(F)(F)F)C2)cc1. The zero-order chi connectivity index (χ0) is 14.3. The number of anilines is 1. The van der Waals surface area contributed by atoms with Crippen LogP contribution < -0.4 is 4.90 Å². The molecule has 1 aromatic rings. The second kappa shape index (κ2) is 4.73. The fourth-order valence-corrected chi connectivity index (χ4v) is 2.48. The van der Waals surface area contributed by atoms with Crippen molar-refractivity contribution in [3.05, 3.63) is 29.8 Å². The van der Waals surface area contributed by atoms with Gasteiger partial charge in [0, 0.05) is 18.8 Å². The number of nitrogens with zero attached hydrogens (tertiary/aromatic N) is 1. The van der Waals surface area contributed by atoms with Crippen molar-refractivity contribution in [3.63, 3.8) is 0 Å². The van der Waals surface area contributed by atoms with Crippen molar-refractivity contribution < 1.29 is 13.2 Å². The van der Waals surface area contributed by atoms with Crippen LogP contribution >= 0.6 is 0 Å². The van der Waals surface area contributed by atoms with Crippen LogP contribution in [0.2, 0.25) is 0 Å². The Hall–Kier alpha value is -1.19. The Kier molecular flexibility index (Phi) is 3.54. The molecule has 19 heavy (non-hydrogen) atoms. The molecule has 1 saturated heterocycles. The lowest BCUT2D eigenvalue weighted by molar-refractivity contribution is -0.209. The van der Waals surface area contributed by atoms with Gasteiger partial charge in [0.2, 0.25) is 0 Å². The predicted octanol–water partition coefficient (Wildman–Crippen LogP) is 4.59. The molecule has 0 bridgehead atoms. The normalized spacial score (nSPS) is 24.3. The fourth-order valence-electron chi connectivity index (χ4n) is 2.48. The number of hydrogen-bond donors (Lipinski definition) is 0. The van der Waals surface area contributed by atoms with Crippen LogP contribution in [0.15, 0.2) is 24.3 Å². The first-order chi connectivity index (χ1) is 8.73. The van der Waals surface area contributed by atoms with Crippen LogP contribution in [-0.4, -0.2) is 19.3 Å². The lowest BCUT2D eigenvalue weighted by atomic mass is 9.89. The molecule has 0 unspecified atom stereocenters. The first kappa shape index (κ1) is 14.2. The zero-order valence-corrected chi connectivity index (χ0v) is 11.6. The van der Waals surface area contributed by atoms with Crippen LogP contribution in [0.3, 0.4) is 0 Å². The number of alkyl halides is 3. The molecule has 0 spiro atoms. The van der Waals surface area contributed by atoms with Crippen molar-refractivity contribution in [2.75, 3.05) is 18.0 Å². The third-order valence-corrected chi connectivity index (χ3v) is 4.08. The third-order valence-electron chi connectivity index (χ3n) is 4.08. The molecular formula is C15H20F3N. The van der Waals surface area contributed by atoms with Crippen molar-refractivity contribution >= 4 is 5.69 Å². The maximum atomic E-state index is 13.0. The third kappa shape index (κ3) is 2.72. The quantitative estimate of drug-likeness (QED) is 0.760. The van der Waals surface area contributed by atoms with E-state index in [-0.39, 0.29) is 13.0 Å². The monoisotopic (exact) mass is 271 g/mol. The molecule has 1 aliphatic heterocycles. The van der Waals surface area contributed by atoms with Crippen LogP contribution in [0.25, 0.3) is 0 Å². The minimum Gasteiger partial charge on any atom is -0.371 e. The Labute approximate surface area is 112 Å². The minimum atomic E-state index is -4.13. The highest BCUT2D eigenvalue weighted by Crippen LogP contribution is 2.45. The lowest BCUT2D eigenvalue weighted by Crippen LogP contribution is -2.37. The van der Waals surface area contributed by atoms with Gasteiger partial charge < -0.3 is 4.90 Å². The largest absolute Gasteiger partial charge is 0.395 e. The highest BCUT2D eigenvalue weighted by Gasteiger charge is 2.54. The number of hydrogen-bond acceptors (Lipinski definition) is 1. The van der Waals surface area contributed by atoms with Crippen LogP contribution in [-0.2, 0) is 0 Å². The Morgan fingerprint density at radius 3 is 2.16 bits per heavy atom. The molecule has 1 aromatic carbocycles. The number of halogens is 3. The van der Waals surface area contributed by atoms with Crippen molar-refractivity contribution in [2.24, 2.45) is 5.41 Å². The molecule has 0 radical (unpaired) electrons. The molecule has 1 fully saturated rings. The van der Waals surface area contributed by atoms with Crippen LogP contribution in [0, 0.1) is 5.41 Å². The van der Waals surface area contributed by atoms with Crippen LogP contribution in [0.4, 0.5) is 18.9 Å². The summed E-state index contributed by atoms with van der Waals surface area (Å²) >= 11 is 0. The van der Waals surface area contributed by atoms with E-state index in [2.05, 4.69) is 13.8 Å². The molecule has 1 heterocycles. The average molecular weight is 271 g/mol. The molecule has 106 valence electrons. The summed E-state index contributed by atoms with van der Waals surface area (Å²) in [6.07, 6.45) is -3.96. The van der Waals surface area contributed by atoms with Crippen molar-refractivity contribution in [2.45, 2.75) is 39.3 Å². The average Bonchev–Trinajstić information content (AvgIpc) is 2.73. The van der Waals surface area contributed by atoms with E-state index in [0.29, 0.717) is 12.5 Å². The van der Waals surface area contributed by atoms with E-state index in [4.69, 9.17) is 0 Å². The lowest BCUT2D eigenvalue weighted by Gasteiger charge is -2.28. The summed E-state index contributed by atoms with van der Waals surface area (Å²) in [5, 5.41) is 0. The molecule has 4 heteroatoms. The minimum absolute atomic E-state index is 0.0531. The van der Waals surface area contributed by atoms with Gasteiger partial charge in [-0.05, 0) is 37.0 Å². The van der Waals surface area contributed by atoms with Gasteiger partial charge in [-0.3, -0.25) is 0 Å². The maximum absolute atomic E-state index is 13.0. The Bertz CT molecular complexity index is 436. The highest BCUT2D eigenvalue weighted by atomic mass is 19.4. The summed E-state index contributed by atoms with van der Waals surface area (Å²) in [6, 6.07) is 7.86. The molecule has 1 aliphatic rings. The van der Waals surface area contributed by atoms with E-state index in [9.17, 15) is 13.2 Å². The summed E-state index contributed by atoms with van der Waals surface area (Å²) < 4.78 is 38.9. The van der Waals surface area contributed by atoms with Gasteiger partial charge in [-0.15, -0.1) is 0 Å². The first-order valence-electron chi connectivity index (χ1n) is 6.64. The van der Waals surface area contributed by atoms with Gasteiger partial charge >= 0.3 is 6.18 Å². The zero-order valence-electron chi connectivity index (χ0n) is 11.6. The van der Waals surface area contributed by atoms with Gasteiger partial charge in [0.05, 0.1) is 5.41 Å². The van der Waals surface area contributed by atoms with Crippen molar-refractivity contribution in [1.29, 1.82) is 0 Å². The summed E-state index contributed by atoms with van der Waals surface area (Å²) in [5.41, 5.74) is 0.517. The molecule has 0 aliphatic carbocycles. The molecule has 2 rings (SSSR count). The standard InChI is InChI=1S/C15H20F3N/c1-11(2)12-4-6-13(7-5-12)19-9-8-14(3,10-19)15(16,17)18/h4-7,11H,8-10H2,1-3H3/t14-/m1/s1. The van der Waals surface area contributed by atoms with E-state index >= 15 is 0 Å². The second-order valence-electron chi connectivity index (χ2n) is 5.98. The van der Waals surface area contributed by atoms with E-state index in [1.165, 1.54) is 12.5 Å². The topological polar surface area (TPSA) is 3.24 Å². The number of rotatable bonds is 2. The molecule has 0 amide bonds. The Morgan fingerprint density at radius 2 is 1.74 bits per heavy atom. The summed E-state index contributed by atoms with van der Waals surface area (Å²) in [7, 11) is 0. The van der Waals surface area contributed by atoms with E-state index in [1.807, 2.05) is 29.2 Å². The highest BCUT2D eigenvalue weighted by molar-refractivity contribution is 5.49. The first-order valence-corrected chi connectivity index (χ1v) is 6.64. The number of benzene rings is 1. The van der Waals surface area contributed by atoms with Crippen molar-refractivity contribution in [3.8, 4) is 0 Å². The molecule has 0 N–H and O–H groups in total. The molecular weight excluding hydrogens is 251 g/mol. The van der Waals surface area contributed by atoms with Crippen molar-refractivity contribution in [1.82, 2.24) is 0 Å². The fraction of sp³-hybridized carbons (Fsp3) is 0.600. The summed E-state index contributed by atoms with van der Waals surface area (Å²) in [4.78, 5) is 1.83. The van der Waals surface area contributed by atoms with E-state index in [1.54, 1.807) is 0 Å². The molecule has 0 aromatic heterocycles.